The highest BCUT2D eigenvalue weighted by atomic mass is 19.4. The van der Waals surface area contributed by atoms with Crippen LogP contribution < -0.4 is 14.8 Å². The molecule has 50 heavy (non-hydrogen) atoms. The zero-order chi connectivity index (χ0) is 35.7. The van der Waals surface area contributed by atoms with Crippen molar-refractivity contribution in [3.05, 3.63) is 144 Å². The van der Waals surface area contributed by atoms with Gasteiger partial charge in [-0.3, -0.25) is 4.79 Å². The van der Waals surface area contributed by atoms with Crippen LogP contribution in [0.1, 0.15) is 27.0 Å². The van der Waals surface area contributed by atoms with Crippen molar-refractivity contribution in [1.29, 1.82) is 0 Å². The number of nitrogens with zero attached hydrogens (tertiary/aromatic N) is 1. The van der Waals surface area contributed by atoms with E-state index < -0.39 is 29.7 Å². The average Bonchev–Trinajstić information content (AvgIpc) is 3.14. The van der Waals surface area contributed by atoms with E-state index in [4.69, 9.17) is 9.47 Å². The van der Waals surface area contributed by atoms with Gasteiger partial charge in [-0.2, -0.15) is 13.2 Å². The van der Waals surface area contributed by atoms with Gasteiger partial charge in [0.2, 0.25) is 0 Å². The number of alkyl halides is 3. The third kappa shape index (κ3) is 8.89. The van der Waals surface area contributed by atoms with Gasteiger partial charge in [-0.05, 0) is 58.1 Å². The van der Waals surface area contributed by atoms with Crippen LogP contribution in [-0.4, -0.2) is 55.2 Å². The fourth-order valence-electron chi connectivity index (χ4n) is 5.66. The molecule has 0 spiro atoms. The minimum atomic E-state index is -4.45. The van der Waals surface area contributed by atoms with Gasteiger partial charge in [-0.1, -0.05) is 84.9 Å². The molecule has 0 radical (unpaired) electrons. The van der Waals surface area contributed by atoms with Gasteiger partial charge in [0.15, 0.2) is 0 Å². The number of aliphatic carboxylic acids is 1. The normalized spacial score (nSPS) is 11.9. The number of rotatable bonds is 14. The summed E-state index contributed by atoms with van der Waals surface area (Å²) in [6, 6.07) is 32.8. The number of hydrogen-bond donors (Lipinski definition) is 2. The number of carbonyl (C=O) groups is 2. The minimum absolute atomic E-state index is 0.0755. The molecule has 0 aliphatic carbocycles. The number of benzene rings is 5. The lowest BCUT2D eigenvalue weighted by Gasteiger charge is -2.30. The van der Waals surface area contributed by atoms with E-state index in [9.17, 15) is 27.9 Å². The highest BCUT2D eigenvalue weighted by molar-refractivity contribution is 5.97. The molecule has 0 heterocycles. The molecule has 5 aromatic carbocycles. The lowest BCUT2D eigenvalue weighted by atomic mass is 9.99. The van der Waals surface area contributed by atoms with Crippen LogP contribution in [0.3, 0.4) is 0 Å². The van der Waals surface area contributed by atoms with Crippen molar-refractivity contribution < 1.29 is 37.3 Å². The molecule has 258 valence electrons. The fourth-order valence-corrected chi connectivity index (χ4v) is 5.66. The lowest BCUT2D eigenvalue weighted by molar-refractivity contribution is -0.142. The first-order valence-corrected chi connectivity index (χ1v) is 15.9. The van der Waals surface area contributed by atoms with Crippen LogP contribution in [0.5, 0.6) is 11.5 Å². The topological polar surface area (TPSA) is 88.1 Å². The molecule has 10 heteroatoms. The molecule has 7 nitrogen and oxygen atoms in total. The van der Waals surface area contributed by atoms with Crippen LogP contribution in [0.25, 0.3) is 22.3 Å². The SMILES string of the molecule is COc1ccc(CNCCN(C(=O)c2ccc(-c3ccc(C(F)(F)F)cc3)cc2)[C@@H](Cc2ccc(-c3ccccc3)cc2)C(=O)O)c(OC)c1. The average molecular weight is 683 g/mol. The standard InChI is InChI=1S/C40H37F3N2O5/c1-49-35-21-18-33(37(25-35)50-2)26-44-22-23-45(36(39(47)48)24-27-8-10-29(11-9-27)28-6-4-3-5-7-28)38(46)32-14-12-30(13-15-32)31-16-19-34(20-17-31)40(41,42)43/h3-21,25,36,44H,22-24,26H2,1-2H3,(H,47,48)/t36-/m0/s1. The van der Waals surface area contributed by atoms with Crippen molar-refractivity contribution in [2.24, 2.45) is 0 Å². The van der Waals surface area contributed by atoms with Gasteiger partial charge in [-0.25, -0.2) is 4.79 Å². The summed E-state index contributed by atoms with van der Waals surface area (Å²) in [4.78, 5) is 28.2. The number of hydrogen-bond acceptors (Lipinski definition) is 5. The Bertz CT molecular complexity index is 1880. The van der Waals surface area contributed by atoms with Crippen molar-refractivity contribution >= 4 is 11.9 Å². The Morgan fingerprint density at radius 1 is 0.760 bits per heavy atom. The van der Waals surface area contributed by atoms with Crippen molar-refractivity contribution in [2.45, 2.75) is 25.2 Å². The van der Waals surface area contributed by atoms with Crippen LogP contribution in [-0.2, 0) is 23.9 Å². The third-order valence-corrected chi connectivity index (χ3v) is 8.43. The molecule has 0 aliphatic rings. The predicted molar refractivity (Wildman–Crippen MR) is 186 cm³/mol. The van der Waals surface area contributed by atoms with Crippen LogP contribution in [0, 0.1) is 0 Å². The first-order chi connectivity index (χ1) is 24.1. The number of carbonyl (C=O) groups excluding carboxylic acids is 1. The van der Waals surface area contributed by atoms with Crippen molar-refractivity contribution in [3.8, 4) is 33.8 Å². The first kappa shape index (κ1) is 35.7. The summed E-state index contributed by atoms with van der Waals surface area (Å²) in [7, 11) is 3.13. The van der Waals surface area contributed by atoms with Gasteiger partial charge in [0, 0.05) is 43.2 Å². The van der Waals surface area contributed by atoms with Crippen molar-refractivity contribution in [1.82, 2.24) is 10.2 Å². The summed E-state index contributed by atoms with van der Waals surface area (Å²) in [5.41, 5.74) is 4.30. The second-order valence-corrected chi connectivity index (χ2v) is 11.6. The minimum Gasteiger partial charge on any atom is -0.497 e. The Balaban J connectivity index is 1.36. The number of nitrogens with one attached hydrogen (secondary N) is 1. The second-order valence-electron chi connectivity index (χ2n) is 11.6. The monoisotopic (exact) mass is 682 g/mol. The zero-order valence-electron chi connectivity index (χ0n) is 27.6. The van der Waals surface area contributed by atoms with E-state index in [0.29, 0.717) is 29.2 Å². The van der Waals surface area contributed by atoms with E-state index in [1.54, 1.807) is 44.6 Å². The molecule has 5 aromatic rings. The molecule has 2 N–H and O–H groups in total. The van der Waals surface area contributed by atoms with Gasteiger partial charge in [0.25, 0.3) is 5.91 Å². The Hall–Kier alpha value is -5.61. The van der Waals surface area contributed by atoms with E-state index in [2.05, 4.69) is 5.32 Å². The van der Waals surface area contributed by atoms with E-state index >= 15 is 0 Å². The van der Waals surface area contributed by atoms with E-state index in [1.165, 1.54) is 17.0 Å². The highest BCUT2D eigenvalue weighted by Crippen LogP contribution is 2.31. The summed E-state index contributed by atoms with van der Waals surface area (Å²) >= 11 is 0. The molecule has 0 aromatic heterocycles. The largest absolute Gasteiger partial charge is 0.497 e. The molecule has 1 amide bonds. The summed E-state index contributed by atoms with van der Waals surface area (Å²) < 4.78 is 49.9. The molecule has 0 saturated heterocycles. The quantitative estimate of drug-likeness (QED) is 0.116. The third-order valence-electron chi connectivity index (χ3n) is 8.43. The van der Waals surface area contributed by atoms with E-state index in [1.807, 2.05) is 66.7 Å². The first-order valence-electron chi connectivity index (χ1n) is 15.9. The van der Waals surface area contributed by atoms with E-state index in [-0.39, 0.29) is 25.1 Å². The Labute approximate surface area is 288 Å². The predicted octanol–water partition coefficient (Wildman–Crippen LogP) is 7.98. The maximum Gasteiger partial charge on any atom is 0.416 e. The van der Waals surface area contributed by atoms with E-state index in [0.717, 1.165) is 34.4 Å². The number of carboxylic acids is 1. The molecule has 0 unspecified atom stereocenters. The molecule has 0 aliphatic heterocycles. The van der Waals surface area contributed by atoms with Crippen LogP contribution in [0.4, 0.5) is 13.2 Å². The molecule has 0 bridgehead atoms. The van der Waals surface area contributed by atoms with Crippen molar-refractivity contribution in [3.63, 3.8) is 0 Å². The summed E-state index contributed by atoms with van der Waals surface area (Å²) in [5.74, 6) is -0.363. The van der Waals surface area contributed by atoms with Gasteiger partial charge < -0.3 is 24.8 Å². The summed E-state index contributed by atoms with van der Waals surface area (Å²) in [5, 5.41) is 13.7. The molecular weight excluding hydrogens is 645 g/mol. The molecule has 5 rings (SSSR count). The summed E-state index contributed by atoms with van der Waals surface area (Å²) in [6.45, 7) is 0.758. The fraction of sp³-hybridized carbons (Fsp3) is 0.200. The van der Waals surface area contributed by atoms with Crippen LogP contribution >= 0.6 is 0 Å². The Kier molecular flexibility index (Phi) is 11.6. The van der Waals surface area contributed by atoms with Crippen LogP contribution in [0.2, 0.25) is 0 Å². The zero-order valence-corrected chi connectivity index (χ0v) is 27.6. The summed E-state index contributed by atoms with van der Waals surface area (Å²) in [6.07, 6.45) is -4.37. The van der Waals surface area contributed by atoms with Gasteiger partial charge in [0.05, 0.1) is 19.8 Å². The van der Waals surface area contributed by atoms with Crippen molar-refractivity contribution in [2.75, 3.05) is 27.3 Å². The Morgan fingerprint density at radius 3 is 1.90 bits per heavy atom. The highest BCUT2D eigenvalue weighted by Gasteiger charge is 2.31. The number of halogens is 3. The molecular formula is C40H37F3N2O5. The van der Waals surface area contributed by atoms with Gasteiger partial charge >= 0.3 is 12.1 Å². The van der Waals surface area contributed by atoms with Gasteiger partial charge in [-0.15, -0.1) is 0 Å². The number of ether oxygens (including phenoxy) is 2. The van der Waals surface area contributed by atoms with Gasteiger partial charge in [0.1, 0.15) is 17.5 Å². The molecule has 0 saturated carbocycles. The molecule has 0 fully saturated rings. The number of amides is 1. The smallest absolute Gasteiger partial charge is 0.416 e. The number of carboxylic acid groups (broad SMARTS) is 1. The van der Waals surface area contributed by atoms with Crippen LogP contribution in [0.15, 0.2) is 121 Å². The maximum absolute atomic E-state index is 14.0. The maximum atomic E-state index is 14.0. The second kappa shape index (κ2) is 16.2. The molecule has 1 atom stereocenters. The number of methoxy groups -OCH3 is 2. The Morgan fingerprint density at radius 2 is 1.34 bits per heavy atom. The lowest BCUT2D eigenvalue weighted by Crippen LogP contribution is -2.49.